The third kappa shape index (κ3) is 4.69. The van der Waals surface area contributed by atoms with Crippen molar-refractivity contribution in [1.29, 1.82) is 0 Å². The number of aryl methyl sites for hydroxylation is 1. The lowest BCUT2D eigenvalue weighted by Gasteiger charge is -2.28. The predicted molar refractivity (Wildman–Crippen MR) is 118 cm³/mol. The summed E-state index contributed by atoms with van der Waals surface area (Å²) in [5, 5.41) is 0. The van der Waals surface area contributed by atoms with Gasteiger partial charge in [0.1, 0.15) is 23.7 Å². The van der Waals surface area contributed by atoms with Gasteiger partial charge in [0, 0.05) is 13.1 Å². The summed E-state index contributed by atoms with van der Waals surface area (Å²) in [6.45, 7) is 2.15. The number of benzene rings is 2. The van der Waals surface area contributed by atoms with Crippen LogP contribution in [0.1, 0.15) is 43.4 Å². The highest BCUT2D eigenvalue weighted by atomic mass is 32.2. The van der Waals surface area contributed by atoms with Crippen LogP contribution < -0.4 is 0 Å². The fourth-order valence-corrected chi connectivity index (χ4v) is 5.15. The van der Waals surface area contributed by atoms with Gasteiger partial charge in [-0.25, -0.2) is 18.0 Å². The number of fused-ring (bicyclic) bond motifs is 1. The molecule has 0 amide bonds. The van der Waals surface area contributed by atoms with Crippen molar-refractivity contribution in [3.05, 3.63) is 88.4 Å². The quantitative estimate of drug-likeness (QED) is 0.509. The zero-order chi connectivity index (χ0) is 23.6. The van der Waals surface area contributed by atoms with Crippen molar-refractivity contribution in [2.24, 2.45) is 0 Å². The molecule has 0 spiro atoms. The molecule has 0 unspecified atom stereocenters. The fourth-order valence-electron chi connectivity index (χ4n) is 3.73. The molecule has 0 N–H and O–H groups in total. The van der Waals surface area contributed by atoms with Crippen LogP contribution in [-0.2, 0) is 39.1 Å². The second-order valence-electron chi connectivity index (χ2n) is 7.63. The number of methoxy groups -OCH3 is 1. The van der Waals surface area contributed by atoms with Gasteiger partial charge >= 0.3 is 11.9 Å². The number of nitrogens with zero attached hydrogens (tertiary/aromatic N) is 1. The zero-order valence-corrected chi connectivity index (χ0v) is 19.1. The SMILES string of the molecule is COC(=O)c1cc(COC(=O)c2ccc(S(=O)(=O)N3CCc4ccccc4C3)cc2)oc1C. The average Bonchev–Trinajstić information content (AvgIpc) is 3.22. The van der Waals surface area contributed by atoms with Gasteiger partial charge in [-0.05, 0) is 54.8 Å². The number of sulfonamides is 1. The lowest BCUT2D eigenvalue weighted by atomic mass is 10.0. The number of hydrogen-bond acceptors (Lipinski definition) is 7. The largest absolute Gasteiger partial charge is 0.465 e. The summed E-state index contributed by atoms with van der Waals surface area (Å²) >= 11 is 0. The molecule has 8 nitrogen and oxygen atoms in total. The van der Waals surface area contributed by atoms with Gasteiger partial charge in [0.25, 0.3) is 0 Å². The first-order valence-electron chi connectivity index (χ1n) is 10.3. The maximum atomic E-state index is 13.1. The van der Waals surface area contributed by atoms with E-state index in [9.17, 15) is 18.0 Å². The standard InChI is InChI=1S/C24H23NO7S/c1-16-22(24(27)30-2)13-20(32-16)15-31-23(26)18-7-9-21(10-8-18)33(28,29)25-12-11-17-5-3-4-6-19(17)14-25/h3-10,13H,11-12,14-15H2,1-2H3. The molecule has 2 heterocycles. The van der Waals surface area contributed by atoms with E-state index in [1.54, 1.807) is 6.92 Å². The Morgan fingerprint density at radius 3 is 2.42 bits per heavy atom. The van der Waals surface area contributed by atoms with Crippen molar-refractivity contribution in [1.82, 2.24) is 4.31 Å². The number of carbonyl (C=O) groups excluding carboxylic acids is 2. The van der Waals surface area contributed by atoms with Crippen LogP contribution in [0.2, 0.25) is 0 Å². The van der Waals surface area contributed by atoms with Gasteiger partial charge in [0.15, 0.2) is 0 Å². The molecule has 3 aromatic rings. The average molecular weight is 470 g/mol. The molecule has 0 radical (unpaired) electrons. The van der Waals surface area contributed by atoms with Gasteiger partial charge in [-0.3, -0.25) is 0 Å². The van der Waals surface area contributed by atoms with Crippen molar-refractivity contribution in [3.8, 4) is 0 Å². The number of rotatable bonds is 6. The molecule has 0 bridgehead atoms. The Morgan fingerprint density at radius 1 is 1.03 bits per heavy atom. The second-order valence-corrected chi connectivity index (χ2v) is 9.57. The summed E-state index contributed by atoms with van der Waals surface area (Å²) in [5.74, 6) is -0.518. The molecule has 0 fully saturated rings. The van der Waals surface area contributed by atoms with Crippen LogP contribution in [0.4, 0.5) is 0 Å². The Balaban J connectivity index is 1.41. The first-order valence-corrected chi connectivity index (χ1v) is 11.8. The molecular weight excluding hydrogens is 446 g/mol. The zero-order valence-electron chi connectivity index (χ0n) is 18.2. The van der Waals surface area contributed by atoms with Gasteiger partial charge in [-0.2, -0.15) is 4.31 Å². The molecule has 33 heavy (non-hydrogen) atoms. The number of esters is 2. The van der Waals surface area contributed by atoms with E-state index in [0.29, 0.717) is 31.0 Å². The Labute approximate surface area is 191 Å². The highest BCUT2D eigenvalue weighted by Crippen LogP contribution is 2.25. The number of carbonyl (C=O) groups is 2. The highest BCUT2D eigenvalue weighted by Gasteiger charge is 2.28. The van der Waals surface area contributed by atoms with Crippen molar-refractivity contribution in [3.63, 3.8) is 0 Å². The smallest absolute Gasteiger partial charge is 0.341 e. The molecule has 9 heteroatoms. The molecule has 172 valence electrons. The monoisotopic (exact) mass is 469 g/mol. The lowest BCUT2D eigenvalue weighted by molar-refractivity contribution is 0.0443. The van der Waals surface area contributed by atoms with Crippen LogP contribution in [0.5, 0.6) is 0 Å². The van der Waals surface area contributed by atoms with E-state index in [1.807, 2.05) is 24.3 Å². The molecule has 1 aliphatic heterocycles. The summed E-state index contributed by atoms with van der Waals surface area (Å²) in [6.07, 6.45) is 0.657. The molecular formula is C24H23NO7S. The van der Waals surface area contributed by atoms with E-state index < -0.39 is 22.0 Å². The van der Waals surface area contributed by atoms with E-state index in [2.05, 4.69) is 4.74 Å². The minimum absolute atomic E-state index is 0.114. The van der Waals surface area contributed by atoms with Crippen molar-refractivity contribution < 1.29 is 31.9 Å². The van der Waals surface area contributed by atoms with Gasteiger partial charge < -0.3 is 13.9 Å². The van der Waals surface area contributed by atoms with Gasteiger partial charge in [0.2, 0.25) is 10.0 Å². The van der Waals surface area contributed by atoms with E-state index >= 15 is 0 Å². The maximum Gasteiger partial charge on any atom is 0.341 e. The van der Waals surface area contributed by atoms with Crippen molar-refractivity contribution in [2.45, 2.75) is 31.4 Å². The minimum atomic E-state index is -3.69. The van der Waals surface area contributed by atoms with Gasteiger partial charge in [-0.1, -0.05) is 24.3 Å². The van der Waals surface area contributed by atoms with E-state index in [0.717, 1.165) is 11.1 Å². The van der Waals surface area contributed by atoms with Crippen LogP contribution in [0.25, 0.3) is 0 Å². The lowest BCUT2D eigenvalue weighted by Crippen LogP contribution is -2.35. The minimum Gasteiger partial charge on any atom is -0.465 e. The first-order chi connectivity index (χ1) is 15.8. The molecule has 2 aromatic carbocycles. The summed E-state index contributed by atoms with van der Waals surface area (Å²) in [5.41, 5.74) is 2.62. The van der Waals surface area contributed by atoms with E-state index in [-0.39, 0.29) is 22.6 Å². The molecule has 1 aliphatic rings. The maximum absolute atomic E-state index is 13.1. The molecule has 0 aliphatic carbocycles. The number of furan rings is 1. The van der Waals surface area contributed by atoms with Crippen molar-refractivity contribution in [2.75, 3.05) is 13.7 Å². The summed E-state index contributed by atoms with van der Waals surface area (Å²) < 4.78 is 42.9. The molecule has 0 atom stereocenters. The third-order valence-electron chi connectivity index (χ3n) is 5.54. The normalized spacial score (nSPS) is 13.9. The predicted octanol–water partition coefficient (Wildman–Crippen LogP) is 3.48. The van der Waals surface area contributed by atoms with Crippen molar-refractivity contribution >= 4 is 22.0 Å². The van der Waals surface area contributed by atoms with Crippen LogP contribution in [0.15, 0.2) is 63.9 Å². The number of hydrogen-bond donors (Lipinski definition) is 0. The molecule has 0 saturated heterocycles. The third-order valence-corrected chi connectivity index (χ3v) is 7.40. The fraction of sp³-hybridized carbons (Fsp3) is 0.250. The summed E-state index contributed by atoms with van der Waals surface area (Å²) in [6, 6.07) is 14.9. The second kappa shape index (κ2) is 9.21. The van der Waals surface area contributed by atoms with Gasteiger partial charge in [0.05, 0.1) is 17.6 Å². The first kappa shape index (κ1) is 22.8. The number of ether oxygens (including phenoxy) is 2. The van der Waals surface area contributed by atoms with E-state index in [4.69, 9.17) is 9.15 Å². The Hall–Kier alpha value is -3.43. The van der Waals surface area contributed by atoms with Gasteiger partial charge in [-0.15, -0.1) is 0 Å². The Morgan fingerprint density at radius 2 is 1.73 bits per heavy atom. The summed E-state index contributed by atoms with van der Waals surface area (Å²) in [7, 11) is -2.43. The van der Waals surface area contributed by atoms with Crippen LogP contribution in [0, 0.1) is 6.92 Å². The van der Waals surface area contributed by atoms with E-state index in [1.165, 1.54) is 41.7 Å². The molecule has 4 rings (SSSR count). The molecule has 1 aromatic heterocycles. The van der Waals surface area contributed by atoms with Crippen LogP contribution in [-0.4, -0.2) is 38.3 Å². The molecule has 0 saturated carbocycles. The highest BCUT2D eigenvalue weighted by molar-refractivity contribution is 7.89. The Bertz CT molecular complexity index is 1290. The Kier molecular flexibility index (Phi) is 6.35. The topological polar surface area (TPSA) is 103 Å². The summed E-state index contributed by atoms with van der Waals surface area (Å²) in [4.78, 5) is 24.2. The van der Waals surface area contributed by atoms with Crippen LogP contribution >= 0.6 is 0 Å². The van der Waals surface area contributed by atoms with Crippen LogP contribution in [0.3, 0.4) is 0 Å².